The molecule has 10 nitrogen and oxygen atoms in total. The minimum atomic E-state index is -3.81. The maximum Gasteiger partial charge on any atom is 0.326 e. The van der Waals surface area contributed by atoms with Gasteiger partial charge in [0.15, 0.2) is 4.80 Å². The Hall–Kier alpha value is -2.74. The van der Waals surface area contributed by atoms with Crippen LogP contribution in [-0.2, 0) is 30.9 Å². The van der Waals surface area contributed by atoms with Crippen LogP contribution >= 0.6 is 22.7 Å². The Balaban J connectivity index is 1.82. The zero-order chi connectivity index (χ0) is 25.2. The van der Waals surface area contributed by atoms with Crippen molar-refractivity contribution in [1.82, 2.24) is 8.87 Å². The molecular weight excluding hydrogens is 514 g/mol. The third-order valence-electron chi connectivity index (χ3n) is 5.54. The van der Waals surface area contributed by atoms with Gasteiger partial charge in [-0.05, 0) is 43.3 Å². The van der Waals surface area contributed by atoms with Crippen LogP contribution in [0.25, 0.3) is 10.2 Å². The number of sulfonamides is 1. The van der Waals surface area contributed by atoms with Gasteiger partial charge in [-0.3, -0.25) is 9.59 Å². The van der Waals surface area contributed by atoms with Crippen LogP contribution in [0.4, 0.5) is 0 Å². The van der Waals surface area contributed by atoms with E-state index in [0.717, 1.165) is 22.7 Å². The lowest BCUT2D eigenvalue weighted by Gasteiger charge is -2.20. The zero-order valence-corrected chi connectivity index (χ0v) is 21.9. The van der Waals surface area contributed by atoms with Gasteiger partial charge >= 0.3 is 5.97 Å². The lowest BCUT2D eigenvalue weighted by molar-refractivity contribution is -0.143. The highest BCUT2D eigenvalue weighted by atomic mass is 32.2. The van der Waals surface area contributed by atoms with Gasteiger partial charge in [0.2, 0.25) is 0 Å². The standard InChI is InChI=1S/C22H25N3O7S3/c1-4-32-17(26)13-24-19-15(30-2)9-10-16(31-3)20(19)34-22(24)23-21(27)14-7-5-11-25(14)35(28,29)18-8-6-12-33-18/h6,8-10,12,14H,4-5,7,11,13H2,1-3H3. The molecule has 0 radical (unpaired) electrons. The fourth-order valence-corrected chi connectivity index (χ4v) is 7.91. The Labute approximate surface area is 210 Å². The van der Waals surface area contributed by atoms with E-state index in [9.17, 15) is 18.0 Å². The number of thiophene rings is 1. The summed E-state index contributed by atoms with van der Waals surface area (Å²) in [7, 11) is -0.791. The number of aromatic nitrogens is 1. The monoisotopic (exact) mass is 539 g/mol. The third-order valence-corrected chi connectivity index (χ3v) is 9.91. The maximum atomic E-state index is 13.3. The lowest BCUT2D eigenvalue weighted by atomic mass is 10.2. The molecule has 1 amide bonds. The molecule has 3 aromatic rings. The average molecular weight is 540 g/mol. The molecule has 4 rings (SSSR count). The topological polar surface area (TPSA) is 116 Å². The van der Waals surface area contributed by atoms with Gasteiger partial charge in [-0.2, -0.15) is 9.30 Å². The fourth-order valence-electron chi connectivity index (χ4n) is 3.99. The summed E-state index contributed by atoms with van der Waals surface area (Å²) in [6, 6.07) is 5.68. The van der Waals surface area contributed by atoms with Crippen molar-refractivity contribution in [2.75, 3.05) is 27.4 Å². The predicted octanol–water partition coefficient (Wildman–Crippen LogP) is 2.63. The van der Waals surface area contributed by atoms with Gasteiger partial charge in [0.1, 0.15) is 38.5 Å². The van der Waals surface area contributed by atoms with Gasteiger partial charge in [-0.25, -0.2) is 8.42 Å². The normalized spacial score (nSPS) is 17.1. The van der Waals surface area contributed by atoms with Crippen molar-refractivity contribution in [3.05, 3.63) is 34.4 Å². The molecule has 2 aromatic heterocycles. The molecular formula is C22H25N3O7S3. The van der Waals surface area contributed by atoms with Crippen LogP contribution in [0.3, 0.4) is 0 Å². The fraction of sp³-hybridized carbons (Fsp3) is 0.409. The first kappa shape index (κ1) is 25.4. The summed E-state index contributed by atoms with van der Waals surface area (Å²) in [6.45, 7) is 1.94. The Morgan fingerprint density at radius 3 is 2.57 bits per heavy atom. The van der Waals surface area contributed by atoms with Crippen LogP contribution in [0.15, 0.2) is 38.8 Å². The van der Waals surface area contributed by atoms with Gasteiger partial charge in [0.25, 0.3) is 15.9 Å². The van der Waals surface area contributed by atoms with Crippen molar-refractivity contribution in [2.24, 2.45) is 4.99 Å². The third kappa shape index (κ3) is 4.85. The van der Waals surface area contributed by atoms with Crippen molar-refractivity contribution in [3.63, 3.8) is 0 Å². The van der Waals surface area contributed by atoms with Crippen molar-refractivity contribution in [3.8, 4) is 11.5 Å². The largest absolute Gasteiger partial charge is 0.495 e. The van der Waals surface area contributed by atoms with Crippen LogP contribution in [-0.4, -0.2) is 62.6 Å². The number of carbonyl (C=O) groups is 2. The summed E-state index contributed by atoms with van der Waals surface area (Å²) in [5, 5.41) is 1.68. The molecule has 1 fully saturated rings. The first-order chi connectivity index (χ1) is 16.8. The van der Waals surface area contributed by atoms with Crippen LogP contribution in [0, 0.1) is 0 Å². The molecule has 13 heteroatoms. The summed E-state index contributed by atoms with van der Waals surface area (Å²) < 4.78 is 45.9. The van der Waals surface area contributed by atoms with Crippen molar-refractivity contribution < 1.29 is 32.2 Å². The molecule has 188 valence electrons. The number of thiazole rings is 1. The molecule has 35 heavy (non-hydrogen) atoms. The molecule has 1 saturated heterocycles. The second-order valence-electron chi connectivity index (χ2n) is 7.58. The van der Waals surface area contributed by atoms with E-state index >= 15 is 0 Å². The molecule has 0 aliphatic carbocycles. The van der Waals surface area contributed by atoms with Gasteiger partial charge in [0.05, 0.1) is 20.8 Å². The highest BCUT2D eigenvalue weighted by molar-refractivity contribution is 7.91. The second-order valence-corrected chi connectivity index (χ2v) is 11.6. The van der Waals surface area contributed by atoms with E-state index in [-0.39, 0.29) is 28.7 Å². The molecule has 0 spiro atoms. The summed E-state index contributed by atoms with van der Waals surface area (Å²) in [5.74, 6) is -0.100. The van der Waals surface area contributed by atoms with Crippen LogP contribution in [0.2, 0.25) is 0 Å². The van der Waals surface area contributed by atoms with E-state index in [2.05, 4.69) is 4.99 Å². The minimum absolute atomic E-state index is 0.186. The highest BCUT2D eigenvalue weighted by Crippen LogP contribution is 2.35. The van der Waals surface area contributed by atoms with E-state index < -0.39 is 27.9 Å². The molecule has 0 N–H and O–H groups in total. The number of ether oxygens (including phenoxy) is 3. The molecule has 1 atom stereocenters. The van der Waals surface area contributed by atoms with E-state index in [1.165, 1.54) is 24.6 Å². The molecule has 1 aromatic carbocycles. The number of amides is 1. The number of hydrogen-bond acceptors (Lipinski definition) is 9. The van der Waals surface area contributed by atoms with Gasteiger partial charge in [-0.1, -0.05) is 17.4 Å². The Morgan fingerprint density at radius 1 is 1.17 bits per heavy atom. The first-order valence-electron chi connectivity index (χ1n) is 10.9. The number of fused-ring (bicyclic) bond motifs is 1. The van der Waals surface area contributed by atoms with Crippen LogP contribution in [0.1, 0.15) is 19.8 Å². The minimum Gasteiger partial charge on any atom is -0.495 e. The Kier molecular flexibility index (Phi) is 7.59. The Morgan fingerprint density at radius 2 is 1.91 bits per heavy atom. The Bertz CT molecular complexity index is 1410. The lowest BCUT2D eigenvalue weighted by Crippen LogP contribution is -2.40. The van der Waals surface area contributed by atoms with Crippen molar-refractivity contribution >= 4 is 54.8 Å². The average Bonchev–Trinajstić information content (AvgIpc) is 3.60. The van der Waals surface area contributed by atoms with Crippen LogP contribution in [0.5, 0.6) is 11.5 Å². The molecule has 1 aliphatic heterocycles. The maximum absolute atomic E-state index is 13.3. The quantitative estimate of drug-likeness (QED) is 0.404. The van der Waals surface area contributed by atoms with Crippen molar-refractivity contribution in [2.45, 2.75) is 36.6 Å². The molecule has 3 heterocycles. The van der Waals surface area contributed by atoms with E-state index in [4.69, 9.17) is 14.2 Å². The van der Waals surface area contributed by atoms with E-state index in [0.29, 0.717) is 34.6 Å². The predicted molar refractivity (Wildman–Crippen MR) is 131 cm³/mol. The SMILES string of the molecule is CCOC(=O)Cn1c(=NC(=O)C2CCCN2S(=O)(=O)c2cccs2)sc2c(OC)ccc(OC)c21. The van der Waals surface area contributed by atoms with Gasteiger partial charge in [0, 0.05) is 6.54 Å². The number of hydrogen-bond donors (Lipinski definition) is 0. The van der Waals surface area contributed by atoms with E-state index in [1.54, 1.807) is 35.1 Å². The van der Waals surface area contributed by atoms with Crippen molar-refractivity contribution in [1.29, 1.82) is 0 Å². The van der Waals surface area contributed by atoms with Crippen LogP contribution < -0.4 is 14.3 Å². The number of nitrogens with zero attached hydrogens (tertiary/aromatic N) is 3. The summed E-state index contributed by atoms with van der Waals surface area (Å²) in [6.07, 6.45) is 0.912. The number of rotatable bonds is 8. The first-order valence-corrected chi connectivity index (χ1v) is 14.0. The number of benzene rings is 1. The number of methoxy groups -OCH3 is 2. The van der Waals surface area contributed by atoms with Gasteiger partial charge < -0.3 is 18.8 Å². The smallest absolute Gasteiger partial charge is 0.326 e. The summed E-state index contributed by atoms with van der Waals surface area (Å²) in [4.78, 5) is 30.3. The highest BCUT2D eigenvalue weighted by Gasteiger charge is 2.40. The van der Waals surface area contributed by atoms with E-state index in [1.807, 2.05) is 0 Å². The number of carbonyl (C=O) groups excluding carboxylic acids is 2. The van der Waals surface area contributed by atoms with Gasteiger partial charge in [-0.15, -0.1) is 11.3 Å². The summed E-state index contributed by atoms with van der Waals surface area (Å²) >= 11 is 2.26. The summed E-state index contributed by atoms with van der Waals surface area (Å²) in [5.41, 5.74) is 0.533. The zero-order valence-electron chi connectivity index (χ0n) is 19.4. The molecule has 1 aliphatic rings. The molecule has 0 bridgehead atoms. The molecule has 1 unspecified atom stereocenters. The second kappa shape index (κ2) is 10.5. The number of esters is 1. The molecule has 0 saturated carbocycles.